The second-order valence-electron chi connectivity index (χ2n) is 4.02. The largest absolute Gasteiger partial charge is 0.483 e. The van der Waals surface area contributed by atoms with Crippen LogP contribution in [0.2, 0.25) is 0 Å². The summed E-state index contributed by atoms with van der Waals surface area (Å²) in [5.74, 6) is 0.171. The molecule has 0 fully saturated rings. The molecular formula is C13H13BrFNOS. The lowest BCUT2D eigenvalue weighted by molar-refractivity contribution is 0.183. The molecule has 0 radical (unpaired) electrons. The predicted octanol–water partition coefficient (Wildman–Crippen LogP) is 4.12. The molecule has 2 unspecified atom stereocenters. The molecule has 0 aliphatic carbocycles. The first-order chi connectivity index (χ1) is 8.56. The van der Waals surface area contributed by atoms with E-state index in [1.165, 1.54) is 12.1 Å². The van der Waals surface area contributed by atoms with Crippen molar-refractivity contribution in [2.24, 2.45) is 5.73 Å². The molecule has 0 aliphatic heterocycles. The van der Waals surface area contributed by atoms with Crippen molar-refractivity contribution >= 4 is 27.3 Å². The Morgan fingerprint density at radius 3 is 2.72 bits per heavy atom. The average molecular weight is 330 g/mol. The van der Waals surface area contributed by atoms with Crippen molar-refractivity contribution < 1.29 is 9.13 Å². The van der Waals surface area contributed by atoms with Gasteiger partial charge in [0.1, 0.15) is 17.7 Å². The Labute approximate surface area is 118 Å². The summed E-state index contributed by atoms with van der Waals surface area (Å²) in [6, 6.07) is 7.87. The molecule has 0 bridgehead atoms. The summed E-state index contributed by atoms with van der Waals surface area (Å²) in [6.07, 6.45) is -0.275. The maximum absolute atomic E-state index is 13.1. The molecule has 2 rings (SSSR count). The fraction of sp³-hybridized carbons (Fsp3) is 0.231. The van der Waals surface area contributed by atoms with E-state index in [0.717, 1.165) is 9.35 Å². The minimum absolute atomic E-state index is 0.182. The zero-order valence-electron chi connectivity index (χ0n) is 9.77. The number of thiophene rings is 1. The standard InChI is InChI=1S/C13H13BrFNOS/c1-8(16)13(12-5-9(14)7-18-12)17-11-4-2-3-10(15)6-11/h2-8,13H,16H2,1H3. The Balaban J connectivity index is 2.22. The van der Waals surface area contributed by atoms with Crippen LogP contribution in [-0.4, -0.2) is 6.04 Å². The molecule has 0 amide bonds. The van der Waals surface area contributed by atoms with E-state index in [-0.39, 0.29) is 18.0 Å². The summed E-state index contributed by atoms with van der Waals surface area (Å²) in [6.45, 7) is 1.87. The van der Waals surface area contributed by atoms with Crippen LogP contribution >= 0.6 is 27.3 Å². The minimum Gasteiger partial charge on any atom is -0.483 e. The third kappa shape index (κ3) is 3.31. The number of halogens is 2. The van der Waals surface area contributed by atoms with Crippen LogP contribution in [-0.2, 0) is 0 Å². The number of ether oxygens (including phenoxy) is 1. The summed E-state index contributed by atoms with van der Waals surface area (Å²) in [5, 5.41) is 1.97. The second-order valence-corrected chi connectivity index (χ2v) is 5.88. The van der Waals surface area contributed by atoms with Crippen molar-refractivity contribution in [1.82, 2.24) is 0 Å². The molecule has 0 aliphatic rings. The van der Waals surface area contributed by atoms with E-state index in [0.29, 0.717) is 5.75 Å². The third-order valence-electron chi connectivity index (χ3n) is 2.40. The lowest BCUT2D eigenvalue weighted by atomic mass is 10.1. The molecule has 2 aromatic rings. The van der Waals surface area contributed by atoms with Crippen LogP contribution in [0.25, 0.3) is 0 Å². The van der Waals surface area contributed by atoms with E-state index in [4.69, 9.17) is 10.5 Å². The monoisotopic (exact) mass is 329 g/mol. The minimum atomic E-state index is -0.316. The summed E-state index contributed by atoms with van der Waals surface area (Å²) in [4.78, 5) is 1.01. The third-order valence-corrected chi connectivity index (χ3v) is 4.16. The molecule has 2 nitrogen and oxygen atoms in total. The summed E-state index contributed by atoms with van der Waals surface area (Å²) < 4.78 is 19.9. The van der Waals surface area contributed by atoms with Crippen molar-refractivity contribution in [3.63, 3.8) is 0 Å². The van der Waals surface area contributed by atoms with Crippen LogP contribution in [0.5, 0.6) is 5.75 Å². The second kappa shape index (κ2) is 5.82. The predicted molar refractivity (Wildman–Crippen MR) is 75.4 cm³/mol. The molecule has 5 heteroatoms. The first-order valence-corrected chi connectivity index (χ1v) is 7.15. The van der Waals surface area contributed by atoms with Gasteiger partial charge in [0.2, 0.25) is 0 Å². The fourth-order valence-electron chi connectivity index (χ4n) is 1.59. The van der Waals surface area contributed by atoms with Gasteiger partial charge in [-0.15, -0.1) is 11.3 Å². The van der Waals surface area contributed by atoms with E-state index < -0.39 is 0 Å². The first kappa shape index (κ1) is 13.5. The van der Waals surface area contributed by atoms with Gasteiger partial charge in [-0.2, -0.15) is 0 Å². The Morgan fingerprint density at radius 1 is 1.39 bits per heavy atom. The van der Waals surface area contributed by atoms with Crippen molar-refractivity contribution in [3.8, 4) is 5.75 Å². The number of rotatable bonds is 4. The molecule has 0 saturated carbocycles. The van der Waals surface area contributed by atoms with Crippen LogP contribution in [0.3, 0.4) is 0 Å². The number of hydrogen-bond donors (Lipinski definition) is 1. The normalized spacial score (nSPS) is 14.2. The van der Waals surface area contributed by atoms with Crippen molar-refractivity contribution in [1.29, 1.82) is 0 Å². The zero-order valence-corrected chi connectivity index (χ0v) is 12.2. The fourth-order valence-corrected chi connectivity index (χ4v) is 3.18. The van der Waals surface area contributed by atoms with Crippen molar-refractivity contribution in [2.45, 2.75) is 19.1 Å². The molecule has 2 atom stereocenters. The van der Waals surface area contributed by atoms with Crippen molar-refractivity contribution in [3.05, 3.63) is 50.9 Å². The van der Waals surface area contributed by atoms with Crippen LogP contribution in [0, 0.1) is 5.82 Å². The van der Waals surface area contributed by atoms with Gasteiger partial charge < -0.3 is 10.5 Å². The lowest BCUT2D eigenvalue weighted by Gasteiger charge is -2.21. The van der Waals surface area contributed by atoms with E-state index in [2.05, 4.69) is 15.9 Å². The van der Waals surface area contributed by atoms with Gasteiger partial charge in [0, 0.05) is 26.8 Å². The van der Waals surface area contributed by atoms with Crippen LogP contribution in [0.4, 0.5) is 4.39 Å². The van der Waals surface area contributed by atoms with E-state index in [9.17, 15) is 4.39 Å². The zero-order chi connectivity index (χ0) is 13.1. The highest BCUT2D eigenvalue weighted by molar-refractivity contribution is 9.10. The topological polar surface area (TPSA) is 35.2 Å². The van der Waals surface area contributed by atoms with Crippen LogP contribution < -0.4 is 10.5 Å². The van der Waals surface area contributed by atoms with Gasteiger partial charge in [-0.05, 0) is 41.1 Å². The maximum atomic E-state index is 13.1. The summed E-state index contributed by atoms with van der Waals surface area (Å²) >= 11 is 4.96. The van der Waals surface area contributed by atoms with Gasteiger partial charge in [0.15, 0.2) is 0 Å². The highest BCUT2D eigenvalue weighted by Crippen LogP contribution is 2.31. The molecule has 0 spiro atoms. The quantitative estimate of drug-likeness (QED) is 0.915. The summed E-state index contributed by atoms with van der Waals surface area (Å²) in [7, 11) is 0. The van der Waals surface area contributed by atoms with Gasteiger partial charge >= 0.3 is 0 Å². The highest BCUT2D eigenvalue weighted by Gasteiger charge is 2.20. The average Bonchev–Trinajstić information content (AvgIpc) is 2.72. The van der Waals surface area contributed by atoms with E-state index in [1.54, 1.807) is 23.5 Å². The number of nitrogens with two attached hydrogens (primary N) is 1. The smallest absolute Gasteiger partial charge is 0.148 e. The number of benzene rings is 1. The van der Waals surface area contributed by atoms with Crippen LogP contribution in [0.1, 0.15) is 17.9 Å². The molecule has 1 aromatic heterocycles. The molecular weight excluding hydrogens is 317 g/mol. The van der Waals surface area contributed by atoms with Gasteiger partial charge in [-0.25, -0.2) is 4.39 Å². The van der Waals surface area contributed by atoms with E-state index >= 15 is 0 Å². The number of hydrogen-bond acceptors (Lipinski definition) is 3. The van der Waals surface area contributed by atoms with Crippen molar-refractivity contribution in [2.75, 3.05) is 0 Å². The molecule has 2 N–H and O–H groups in total. The van der Waals surface area contributed by atoms with Gasteiger partial charge in [0.05, 0.1) is 0 Å². The molecule has 0 saturated heterocycles. The van der Waals surface area contributed by atoms with Crippen LogP contribution in [0.15, 0.2) is 40.2 Å². The van der Waals surface area contributed by atoms with Gasteiger partial charge in [0.25, 0.3) is 0 Å². The Kier molecular flexibility index (Phi) is 4.37. The maximum Gasteiger partial charge on any atom is 0.148 e. The first-order valence-electron chi connectivity index (χ1n) is 5.48. The van der Waals surface area contributed by atoms with E-state index in [1.807, 2.05) is 18.4 Å². The molecule has 18 heavy (non-hydrogen) atoms. The Bertz CT molecular complexity index is 529. The highest BCUT2D eigenvalue weighted by atomic mass is 79.9. The van der Waals surface area contributed by atoms with Gasteiger partial charge in [-0.3, -0.25) is 0 Å². The lowest BCUT2D eigenvalue weighted by Crippen LogP contribution is -2.28. The summed E-state index contributed by atoms with van der Waals surface area (Å²) in [5.41, 5.74) is 5.94. The van der Waals surface area contributed by atoms with Gasteiger partial charge in [-0.1, -0.05) is 6.07 Å². The molecule has 1 heterocycles. The SMILES string of the molecule is CC(N)C(Oc1cccc(F)c1)c1cc(Br)cs1. The Morgan fingerprint density at radius 2 is 2.17 bits per heavy atom. The molecule has 96 valence electrons. The molecule has 1 aromatic carbocycles. The Hall–Kier alpha value is -0.910.